The van der Waals surface area contributed by atoms with E-state index in [4.69, 9.17) is 30.8 Å². The molecule has 0 unspecified atom stereocenters. The first kappa shape index (κ1) is 34.4. The van der Waals surface area contributed by atoms with Crippen LogP contribution in [0.25, 0.3) is 11.1 Å². The molecule has 0 bridgehead atoms. The zero-order valence-electron chi connectivity index (χ0n) is 24.9. The maximum Gasteiger partial charge on any atom is 0.471 e. The van der Waals surface area contributed by atoms with E-state index in [0.717, 1.165) is 39.8 Å². The molecule has 0 radical (unpaired) electrons. The average Bonchev–Trinajstić information content (AvgIpc) is 3.26. The van der Waals surface area contributed by atoms with Gasteiger partial charge in [0.05, 0.1) is 5.52 Å². The monoisotopic (exact) mass is 631 g/mol. The van der Waals surface area contributed by atoms with Crippen LogP contribution in [-0.4, -0.2) is 48.0 Å². The summed E-state index contributed by atoms with van der Waals surface area (Å²) in [4.78, 5) is 49.0. The minimum absolute atomic E-state index is 0.247. The molecule has 2 heterocycles. The van der Waals surface area contributed by atoms with E-state index in [1.54, 1.807) is 24.4 Å². The van der Waals surface area contributed by atoms with Crippen LogP contribution in [0.15, 0.2) is 45.7 Å². The molecule has 2 aromatic carbocycles. The van der Waals surface area contributed by atoms with Gasteiger partial charge in [-0.2, -0.15) is 4.98 Å². The minimum atomic E-state index is -4.76. The lowest BCUT2D eigenvalue weighted by molar-refractivity contribution is -0.138. The molecule has 0 amide bonds. The number of nitrogens with zero attached hydrogens (tertiary/aromatic N) is 3. The summed E-state index contributed by atoms with van der Waals surface area (Å²) in [6.45, 7) is 7.97. The van der Waals surface area contributed by atoms with Gasteiger partial charge in [0.2, 0.25) is 5.95 Å². The lowest BCUT2D eigenvalue weighted by atomic mass is 10.0. The average molecular weight is 632 g/mol. The van der Waals surface area contributed by atoms with Crippen molar-refractivity contribution in [2.45, 2.75) is 59.7 Å². The number of benzene rings is 2. The van der Waals surface area contributed by atoms with E-state index < -0.39 is 32.3 Å². The number of fused-ring (bicyclic) bond motifs is 1. The number of phosphoric acid groups is 1. The number of phosphoric ester groups is 1. The van der Waals surface area contributed by atoms with Gasteiger partial charge in [-0.05, 0) is 94.1 Å². The van der Waals surface area contributed by atoms with E-state index in [1.165, 1.54) is 5.56 Å². The second-order valence-electron chi connectivity index (χ2n) is 10.2. The molecule has 0 aliphatic rings. The summed E-state index contributed by atoms with van der Waals surface area (Å²) in [5.41, 5.74) is 16.8. The van der Waals surface area contributed by atoms with Gasteiger partial charge in [0.25, 0.3) is 0 Å². The van der Waals surface area contributed by atoms with Crippen LogP contribution < -0.4 is 27.9 Å². The van der Waals surface area contributed by atoms with Crippen molar-refractivity contribution in [1.82, 2.24) is 14.5 Å². The number of rotatable bonds is 12. The number of nitrogens with one attached hydrogen (secondary N) is 2. The topological polar surface area (TPSA) is 241 Å². The Morgan fingerprint density at radius 2 is 1.75 bits per heavy atom. The van der Waals surface area contributed by atoms with Gasteiger partial charge < -0.3 is 41.4 Å². The zero-order chi connectivity index (χ0) is 32.6. The third kappa shape index (κ3) is 9.71. The van der Waals surface area contributed by atoms with Crippen LogP contribution >= 0.6 is 7.82 Å². The molecule has 16 heteroatoms. The zero-order valence-corrected chi connectivity index (χ0v) is 25.8. The smallest absolute Gasteiger partial charge is 0.471 e. The highest BCUT2D eigenvalue weighted by atomic mass is 31.2. The van der Waals surface area contributed by atoms with E-state index in [-0.39, 0.29) is 5.58 Å². The molecule has 238 valence electrons. The quantitative estimate of drug-likeness (QED) is 0.0871. The van der Waals surface area contributed by atoms with Gasteiger partial charge in [0.15, 0.2) is 5.58 Å². The standard InChI is InChI=1S/C22H24N5O6P.C6H14N2O2/c1-12-7-17(8-13(2)15(12)4)25-21-23-10-14(3)20(26-21)24-16-5-6-19-18(9-16)27(22(28)33-19)11-32-34(29,30)31;7-4-2-1-3-5(8)6(9)10/h5-10H,11H2,1-4H3,(H2,29,30,31)(H2,23,24,25,26);5H,1-4,7-8H2,(H,9,10)/t;5-/m.0/s1. The fraction of sp³-hybridized carbons (Fsp3) is 0.357. The SMILES string of the molecule is Cc1cnc(Nc2cc(C)c(C)c(C)c2)nc1Nc1ccc2oc(=O)n(COP(=O)(O)O)c2c1.NCCCC[C@H](N)C(=O)O. The number of anilines is 4. The summed E-state index contributed by atoms with van der Waals surface area (Å²) in [5, 5.41) is 14.7. The number of oxazole rings is 1. The number of aromatic nitrogens is 3. The molecule has 15 nitrogen and oxygen atoms in total. The van der Waals surface area contributed by atoms with Crippen LogP contribution in [0.1, 0.15) is 41.5 Å². The number of carbonyl (C=O) groups is 1. The molecule has 0 saturated carbocycles. The Hall–Kier alpha value is -4.11. The Bertz CT molecular complexity index is 1690. The summed E-state index contributed by atoms with van der Waals surface area (Å²) in [7, 11) is -4.76. The summed E-state index contributed by atoms with van der Waals surface area (Å²) < 4.78 is 21.6. The summed E-state index contributed by atoms with van der Waals surface area (Å²) in [6, 6.07) is 8.22. The Morgan fingerprint density at radius 3 is 2.36 bits per heavy atom. The van der Waals surface area contributed by atoms with Crippen molar-refractivity contribution in [1.29, 1.82) is 0 Å². The number of hydrogen-bond donors (Lipinski definition) is 7. The highest BCUT2D eigenvalue weighted by Crippen LogP contribution is 2.36. The predicted octanol–water partition coefficient (Wildman–Crippen LogP) is 3.70. The Morgan fingerprint density at radius 1 is 1.07 bits per heavy atom. The third-order valence-electron chi connectivity index (χ3n) is 6.73. The summed E-state index contributed by atoms with van der Waals surface area (Å²) in [6.07, 6.45) is 3.85. The van der Waals surface area contributed by atoms with Crippen molar-refractivity contribution in [3.05, 3.63) is 69.3 Å². The number of nitrogens with two attached hydrogens (primary N) is 2. The van der Waals surface area contributed by atoms with Crippen LogP contribution in [-0.2, 0) is 20.6 Å². The largest absolute Gasteiger partial charge is 0.480 e. The minimum Gasteiger partial charge on any atom is -0.480 e. The Labute approximate surface area is 253 Å². The van der Waals surface area contributed by atoms with Crippen LogP contribution in [0.2, 0.25) is 0 Å². The Kier molecular flexibility index (Phi) is 11.8. The molecule has 4 aromatic rings. The summed E-state index contributed by atoms with van der Waals surface area (Å²) >= 11 is 0. The van der Waals surface area contributed by atoms with Crippen LogP contribution in [0.3, 0.4) is 0 Å². The molecule has 0 saturated heterocycles. The normalized spacial score (nSPS) is 12.0. The van der Waals surface area contributed by atoms with Crippen LogP contribution in [0.4, 0.5) is 23.1 Å². The van der Waals surface area contributed by atoms with Gasteiger partial charge in [0.1, 0.15) is 18.6 Å². The fourth-order valence-electron chi connectivity index (χ4n) is 4.03. The molecular weight excluding hydrogens is 593 g/mol. The van der Waals surface area contributed by atoms with Crippen molar-refractivity contribution in [3.8, 4) is 0 Å². The van der Waals surface area contributed by atoms with E-state index in [2.05, 4.69) is 32.0 Å². The van der Waals surface area contributed by atoms with Gasteiger partial charge in [-0.15, -0.1) is 0 Å². The fourth-order valence-corrected chi connectivity index (χ4v) is 4.30. The lowest BCUT2D eigenvalue weighted by Gasteiger charge is -2.13. The van der Waals surface area contributed by atoms with Crippen LogP contribution in [0.5, 0.6) is 0 Å². The van der Waals surface area contributed by atoms with Crippen molar-refractivity contribution in [2.24, 2.45) is 11.5 Å². The van der Waals surface area contributed by atoms with Gasteiger partial charge in [-0.25, -0.2) is 18.9 Å². The van der Waals surface area contributed by atoms with E-state index in [0.29, 0.717) is 35.9 Å². The molecule has 1 atom stereocenters. The number of unbranched alkanes of at least 4 members (excludes halogenated alkanes) is 1. The maximum atomic E-state index is 12.1. The van der Waals surface area contributed by atoms with Gasteiger partial charge in [0, 0.05) is 23.1 Å². The van der Waals surface area contributed by atoms with Crippen molar-refractivity contribution in [3.63, 3.8) is 0 Å². The van der Waals surface area contributed by atoms with Gasteiger partial charge in [-0.1, -0.05) is 6.42 Å². The number of aliphatic carboxylic acids is 1. The first-order valence-corrected chi connectivity index (χ1v) is 15.2. The molecular formula is C28H38N7O8P. The van der Waals surface area contributed by atoms with Crippen LogP contribution in [0, 0.1) is 27.7 Å². The summed E-state index contributed by atoms with van der Waals surface area (Å²) in [5.74, 6) is -0.778. The molecule has 0 aliphatic heterocycles. The first-order chi connectivity index (χ1) is 20.7. The second kappa shape index (κ2) is 15.1. The van der Waals surface area contributed by atoms with E-state index >= 15 is 0 Å². The van der Waals surface area contributed by atoms with Gasteiger partial charge >= 0.3 is 19.5 Å². The molecule has 0 aliphatic carbocycles. The first-order valence-electron chi connectivity index (χ1n) is 13.7. The van der Waals surface area contributed by atoms with E-state index in [9.17, 15) is 14.2 Å². The third-order valence-corrected chi connectivity index (χ3v) is 7.18. The molecule has 2 aromatic heterocycles. The molecule has 9 N–H and O–H groups in total. The maximum absolute atomic E-state index is 12.1. The van der Waals surface area contributed by atoms with Crippen molar-refractivity contribution in [2.75, 3.05) is 17.2 Å². The number of carboxylic acids is 1. The number of carboxylic acid groups (broad SMARTS) is 1. The number of aryl methyl sites for hydroxylation is 3. The number of hydrogen-bond acceptors (Lipinski definition) is 11. The van der Waals surface area contributed by atoms with Gasteiger partial charge in [-0.3, -0.25) is 9.32 Å². The van der Waals surface area contributed by atoms with Crippen molar-refractivity contribution < 1.29 is 33.2 Å². The second-order valence-corrected chi connectivity index (χ2v) is 11.4. The molecule has 44 heavy (non-hydrogen) atoms. The highest BCUT2D eigenvalue weighted by Gasteiger charge is 2.18. The van der Waals surface area contributed by atoms with Crippen molar-refractivity contribution >= 4 is 48.0 Å². The Balaban J connectivity index is 0.000000456. The molecule has 0 fully saturated rings. The molecule has 4 rings (SSSR count). The highest BCUT2D eigenvalue weighted by molar-refractivity contribution is 7.46. The van der Waals surface area contributed by atoms with E-state index in [1.807, 2.05) is 32.9 Å². The predicted molar refractivity (Wildman–Crippen MR) is 166 cm³/mol. The lowest BCUT2D eigenvalue weighted by Crippen LogP contribution is -2.29. The molecule has 0 spiro atoms.